The monoisotopic (exact) mass is 284 g/mol. The summed E-state index contributed by atoms with van der Waals surface area (Å²) in [5.74, 6) is 2.12. The summed E-state index contributed by atoms with van der Waals surface area (Å²) in [6.07, 6.45) is 2.57. The van der Waals surface area contributed by atoms with E-state index in [0.717, 1.165) is 30.8 Å². The van der Waals surface area contributed by atoms with E-state index in [1.54, 1.807) is 11.8 Å². The smallest absolute Gasteiger partial charge is 0.307 e. The van der Waals surface area contributed by atoms with Crippen molar-refractivity contribution in [3.63, 3.8) is 0 Å². The van der Waals surface area contributed by atoms with E-state index in [9.17, 15) is 9.90 Å². The number of aliphatic carboxylic acids is 1. The van der Waals surface area contributed by atoms with Crippen LogP contribution in [0.1, 0.15) is 50.7 Å². The van der Waals surface area contributed by atoms with Crippen LogP contribution in [-0.4, -0.2) is 27.0 Å². The number of carboxylic acid groups (broad SMARTS) is 1. The predicted octanol–water partition coefficient (Wildman–Crippen LogP) is 2.93. The van der Waals surface area contributed by atoms with Crippen molar-refractivity contribution in [3.8, 4) is 0 Å². The van der Waals surface area contributed by atoms with Crippen LogP contribution in [0, 0.1) is 11.8 Å². The van der Waals surface area contributed by atoms with E-state index in [4.69, 9.17) is 4.52 Å². The highest BCUT2D eigenvalue weighted by Crippen LogP contribution is 2.43. The van der Waals surface area contributed by atoms with Crippen molar-refractivity contribution in [1.82, 2.24) is 10.1 Å². The fraction of sp³-hybridized carbons (Fsp3) is 0.769. The molecule has 2 rings (SSSR count). The number of hydrogen-bond acceptors (Lipinski definition) is 5. The molecule has 19 heavy (non-hydrogen) atoms. The van der Waals surface area contributed by atoms with Gasteiger partial charge in [0.05, 0.1) is 17.6 Å². The van der Waals surface area contributed by atoms with E-state index < -0.39 is 5.97 Å². The number of thioether (sulfide) groups is 1. The third kappa shape index (κ3) is 3.29. The quantitative estimate of drug-likeness (QED) is 0.865. The van der Waals surface area contributed by atoms with E-state index in [-0.39, 0.29) is 11.8 Å². The summed E-state index contributed by atoms with van der Waals surface area (Å²) in [5, 5.41) is 13.3. The minimum Gasteiger partial charge on any atom is -0.481 e. The summed E-state index contributed by atoms with van der Waals surface area (Å²) in [6, 6.07) is 0. The Morgan fingerprint density at radius 1 is 1.47 bits per heavy atom. The molecule has 0 bridgehead atoms. The highest BCUT2D eigenvalue weighted by atomic mass is 32.2. The second-order valence-electron chi connectivity index (χ2n) is 4.98. The molecule has 0 aromatic carbocycles. The van der Waals surface area contributed by atoms with Crippen LogP contribution in [0.3, 0.4) is 0 Å². The van der Waals surface area contributed by atoms with E-state index >= 15 is 0 Å². The van der Waals surface area contributed by atoms with Gasteiger partial charge in [-0.25, -0.2) is 0 Å². The average molecular weight is 284 g/mol. The molecule has 5 nitrogen and oxygen atoms in total. The van der Waals surface area contributed by atoms with E-state index in [2.05, 4.69) is 24.0 Å². The molecule has 106 valence electrons. The fourth-order valence-corrected chi connectivity index (χ4v) is 3.20. The van der Waals surface area contributed by atoms with Gasteiger partial charge in [0.2, 0.25) is 5.89 Å². The Hall–Kier alpha value is -1.04. The molecular formula is C13H20N2O3S. The van der Waals surface area contributed by atoms with E-state index in [1.807, 2.05) is 0 Å². The van der Waals surface area contributed by atoms with E-state index in [1.165, 1.54) is 0 Å². The molecule has 6 heteroatoms. The zero-order valence-electron chi connectivity index (χ0n) is 11.3. The van der Waals surface area contributed by atoms with Crippen LogP contribution >= 0.6 is 11.8 Å². The molecule has 3 atom stereocenters. The highest BCUT2D eigenvalue weighted by molar-refractivity contribution is 7.98. The van der Waals surface area contributed by atoms with Crippen LogP contribution < -0.4 is 0 Å². The first-order valence-electron chi connectivity index (χ1n) is 6.78. The summed E-state index contributed by atoms with van der Waals surface area (Å²) in [4.78, 5) is 15.7. The second kappa shape index (κ2) is 6.41. The molecule has 1 fully saturated rings. The first-order chi connectivity index (χ1) is 9.15. The summed E-state index contributed by atoms with van der Waals surface area (Å²) in [5.41, 5.74) is 0. The highest BCUT2D eigenvalue weighted by Gasteiger charge is 2.41. The van der Waals surface area contributed by atoms with Crippen molar-refractivity contribution in [2.75, 3.05) is 5.75 Å². The molecule has 1 aliphatic carbocycles. The van der Waals surface area contributed by atoms with Crippen LogP contribution in [0.4, 0.5) is 0 Å². The van der Waals surface area contributed by atoms with Crippen LogP contribution in [-0.2, 0) is 10.5 Å². The molecule has 0 saturated heterocycles. The van der Waals surface area contributed by atoms with Crippen LogP contribution in [0.25, 0.3) is 0 Å². The molecule has 3 unspecified atom stereocenters. The molecular weight excluding hydrogens is 264 g/mol. The number of carbonyl (C=O) groups is 1. The first-order valence-corrected chi connectivity index (χ1v) is 7.94. The number of hydrogen-bond donors (Lipinski definition) is 1. The number of rotatable bonds is 6. The zero-order chi connectivity index (χ0) is 13.8. The maximum Gasteiger partial charge on any atom is 0.307 e. The Bertz CT molecular complexity index is 435. The van der Waals surface area contributed by atoms with Gasteiger partial charge in [-0.15, -0.1) is 0 Å². The van der Waals surface area contributed by atoms with Crippen LogP contribution in [0.5, 0.6) is 0 Å². The Kier molecular flexibility index (Phi) is 4.85. The van der Waals surface area contributed by atoms with Gasteiger partial charge in [0.1, 0.15) is 0 Å². The van der Waals surface area contributed by atoms with Gasteiger partial charge in [-0.2, -0.15) is 16.7 Å². The van der Waals surface area contributed by atoms with Gasteiger partial charge < -0.3 is 9.63 Å². The van der Waals surface area contributed by atoms with Crippen molar-refractivity contribution in [1.29, 1.82) is 0 Å². The van der Waals surface area contributed by atoms with Gasteiger partial charge in [0.25, 0.3) is 0 Å². The zero-order valence-corrected chi connectivity index (χ0v) is 12.2. The van der Waals surface area contributed by atoms with E-state index in [0.29, 0.717) is 17.6 Å². The SMILES string of the molecule is CCSCc1noc(C2CC(CC)CC2C(=O)O)n1. The molecule has 0 spiro atoms. The van der Waals surface area contributed by atoms with Crippen molar-refractivity contribution < 1.29 is 14.4 Å². The lowest BCUT2D eigenvalue weighted by atomic mass is 9.96. The van der Waals surface area contributed by atoms with Crippen molar-refractivity contribution >= 4 is 17.7 Å². The van der Waals surface area contributed by atoms with Crippen LogP contribution in [0.15, 0.2) is 4.52 Å². The Morgan fingerprint density at radius 2 is 2.26 bits per heavy atom. The topological polar surface area (TPSA) is 76.2 Å². The lowest BCUT2D eigenvalue weighted by molar-refractivity contribution is -0.142. The molecule has 1 aromatic rings. The Balaban J connectivity index is 2.10. The summed E-state index contributed by atoms with van der Waals surface area (Å²) in [6.45, 7) is 4.18. The maximum absolute atomic E-state index is 11.3. The predicted molar refractivity (Wildman–Crippen MR) is 73.0 cm³/mol. The molecule has 0 radical (unpaired) electrons. The first kappa shape index (κ1) is 14.4. The molecule has 0 amide bonds. The standard InChI is InChI=1S/C13H20N2O3S/c1-3-8-5-9(10(6-8)13(16)17)12-14-11(15-18-12)7-19-4-2/h8-10H,3-7H2,1-2H3,(H,16,17). The lowest BCUT2D eigenvalue weighted by Gasteiger charge is -2.09. The summed E-state index contributed by atoms with van der Waals surface area (Å²) in [7, 11) is 0. The molecule has 1 N–H and O–H groups in total. The fourth-order valence-electron chi connectivity index (χ4n) is 2.69. The number of aromatic nitrogens is 2. The van der Waals surface area contributed by atoms with Gasteiger partial charge in [0.15, 0.2) is 5.82 Å². The lowest BCUT2D eigenvalue weighted by Crippen LogP contribution is -2.17. The second-order valence-corrected chi connectivity index (χ2v) is 6.26. The van der Waals surface area contributed by atoms with Crippen molar-refractivity contribution in [2.24, 2.45) is 11.8 Å². The Labute approximate surface area is 117 Å². The summed E-state index contributed by atoms with van der Waals surface area (Å²) < 4.78 is 5.28. The van der Waals surface area contributed by atoms with Gasteiger partial charge in [-0.3, -0.25) is 4.79 Å². The van der Waals surface area contributed by atoms with Crippen LogP contribution in [0.2, 0.25) is 0 Å². The normalized spacial score (nSPS) is 26.7. The van der Waals surface area contributed by atoms with Gasteiger partial charge in [-0.05, 0) is 24.5 Å². The molecule has 0 aliphatic heterocycles. The number of carboxylic acids is 1. The molecule has 1 saturated carbocycles. The minimum atomic E-state index is -0.747. The molecule has 1 aliphatic rings. The summed E-state index contributed by atoms with van der Waals surface area (Å²) >= 11 is 1.73. The minimum absolute atomic E-state index is 0.115. The Morgan fingerprint density at radius 3 is 2.89 bits per heavy atom. The third-order valence-electron chi connectivity index (χ3n) is 3.79. The third-order valence-corrected chi connectivity index (χ3v) is 4.66. The van der Waals surface area contributed by atoms with Crippen molar-refractivity contribution in [2.45, 2.75) is 44.8 Å². The molecule has 1 aromatic heterocycles. The van der Waals surface area contributed by atoms with Crippen molar-refractivity contribution in [3.05, 3.63) is 11.7 Å². The molecule has 1 heterocycles. The number of nitrogens with zero attached hydrogens (tertiary/aromatic N) is 2. The van der Waals surface area contributed by atoms with Gasteiger partial charge in [0, 0.05) is 0 Å². The van der Waals surface area contributed by atoms with Gasteiger partial charge in [-0.1, -0.05) is 25.4 Å². The van der Waals surface area contributed by atoms with Gasteiger partial charge >= 0.3 is 5.97 Å². The largest absolute Gasteiger partial charge is 0.481 e. The maximum atomic E-state index is 11.3. The average Bonchev–Trinajstić information content (AvgIpc) is 3.02.